The minimum atomic E-state index is -4.06. The number of pyridine rings is 1. The van der Waals surface area contributed by atoms with Gasteiger partial charge in [-0.2, -0.15) is 4.31 Å². The number of amides is 1. The molecule has 202 valence electrons. The van der Waals surface area contributed by atoms with Crippen molar-refractivity contribution >= 4 is 15.9 Å². The van der Waals surface area contributed by atoms with E-state index in [0.29, 0.717) is 44.2 Å². The molecule has 11 heteroatoms. The molecule has 1 amide bonds. The minimum absolute atomic E-state index is 0.0688. The molecule has 4 rings (SSSR count). The van der Waals surface area contributed by atoms with E-state index in [-0.39, 0.29) is 22.9 Å². The molecule has 1 aromatic heterocycles. The molecule has 2 heterocycles. The number of carbonyl (C=O) groups excluding carboxylic acids is 1. The number of rotatable bonds is 7. The molecule has 1 aromatic carbocycles. The first-order valence-corrected chi connectivity index (χ1v) is 13.9. The van der Waals surface area contributed by atoms with E-state index in [0.717, 1.165) is 41.7 Å². The van der Waals surface area contributed by atoms with Crippen molar-refractivity contribution in [2.75, 3.05) is 0 Å². The number of benzene rings is 1. The second-order valence-corrected chi connectivity index (χ2v) is 12.0. The zero-order valence-electron chi connectivity index (χ0n) is 20.8. The molecule has 1 saturated carbocycles. The highest BCUT2D eigenvalue weighted by molar-refractivity contribution is 7.89. The second kappa shape index (κ2) is 10.7. The van der Waals surface area contributed by atoms with E-state index in [4.69, 9.17) is 0 Å². The van der Waals surface area contributed by atoms with E-state index in [9.17, 15) is 30.8 Å². The molecular formula is C26H31F4N3O3S. The minimum Gasteiger partial charge on any atom is -0.351 e. The fourth-order valence-corrected chi connectivity index (χ4v) is 7.23. The monoisotopic (exact) mass is 541 g/mol. The van der Waals surface area contributed by atoms with Gasteiger partial charge in [0.1, 0.15) is 17.7 Å². The standard InChI is InChI=1S/C26H31F4N3O3S/c1-16-3-12-24(33(16)37(35,36)21-10-8-20(27)9-11-21)25(34)32-14-18-13-23(31-15-22(18)28)17-4-6-19(7-5-17)26(2,29)30/h8-11,13,15-17,19,24H,3-7,12,14H2,1-2H3,(H,32,34)/t16-,17?,19?,24-/m0/s1. The summed E-state index contributed by atoms with van der Waals surface area (Å²) in [6, 6.07) is 4.54. The summed E-state index contributed by atoms with van der Waals surface area (Å²) in [7, 11) is -4.06. The second-order valence-electron chi connectivity index (χ2n) is 10.2. The molecule has 2 fully saturated rings. The highest BCUT2D eigenvalue weighted by Crippen LogP contribution is 2.41. The van der Waals surface area contributed by atoms with E-state index in [2.05, 4.69) is 10.3 Å². The molecule has 2 atom stereocenters. The van der Waals surface area contributed by atoms with Gasteiger partial charge in [-0.1, -0.05) is 0 Å². The van der Waals surface area contributed by atoms with Crippen LogP contribution in [-0.2, 0) is 21.4 Å². The van der Waals surface area contributed by atoms with Crippen LogP contribution < -0.4 is 5.32 Å². The third-order valence-corrected chi connectivity index (χ3v) is 9.60. The van der Waals surface area contributed by atoms with Crippen molar-refractivity contribution in [3.05, 3.63) is 59.4 Å². The summed E-state index contributed by atoms with van der Waals surface area (Å²) in [5.74, 6) is -5.22. The number of aromatic nitrogens is 1. The molecule has 1 N–H and O–H groups in total. The van der Waals surface area contributed by atoms with Gasteiger partial charge in [0.05, 0.1) is 11.1 Å². The van der Waals surface area contributed by atoms with Crippen LogP contribution in [0.4, 0.5) is 17.6 Å². The van der Waals surface area contributed by atoms with Gasteiger partial charge >= 0.3 is 0 Å². The Morgan fingerprint density at radius 3 is 2.35 bits per heavy atom. The summed E-state index contributed by atoms with van der Waals surface area (Å²) in [5, 5.41) is 2.65. The van der Waals surface area contributed by atoms with Gasteiger partial charge < -0.3 is 5.32 Å². The average molecular weight is 542 g/mol. The van der Waals surface area contributed by atoms with Crippen LogP contribution >= 0.6 is 0 Å². The quantitative estimate of drug-likeness (QED) is 0.492. The van der Waals surface area contributed by atoms with Crippen molar-refractivity contribution < 1.29 is 30.8 Å². The number of nitrogens with one attached hydrogen (secondary N) is 1. The van der Waals surface area contributed by atoms with Gasteiger partial charge in [0.15, 0.2) is 0 Å². The van der Waals surface area contributed by atoms with Crippen LogP contribution in [0.3, 0.4) is 0 Å². The molecule has 1 saturated heterocycles. The topological polar surface area (TPSA) is 79.4 Å². The summed E-state index contributed by atoms with van der Waals surface area (Å²) in [6.07, 6.45) is 3.59. The summed E-state index contributed by atoms with van der Waals surface area (Å²) >= 11 is 0. The van der Waals surface area contributed by atoms with Gasteiger partial charge in [-0.05, 0) is 82.7 Å². The first kappa shape index (κ1) is 27.5. The Morgan fingerprint density at radius 1 is 1.08 bits per heavy atom. The predicted molar refractivity (Wildman–Crippen MR) is 129 cm³/mol. The summed E-state index contributed by atoms with van der Waals surface area (Å²) in [5.41, 5.74) is 0.791. The lowest BCUT2D eigenvalue weighted by molar-refractivity contribution is -0.124. The molecule has 37 heavy (non-hydrogen) atoms. The third kappa shape index (κ3) is 5.98. The SMILES string of the molecule is C[C@H]1CC[C@@H](C(=O)NCc2cc(C3CCC(C(C)(F)F)CC3)ncc2F)N1S(=O)(=O)c1ccc(F)cc1. The van der Waals surface area contributed by atoms with Gasteiger partial charge in [-0.3, -0.25) is 9.78 Å². The predicted octanol–water partition coefficient (Wildman–Crippen LogP) is 5.15. The maximum absolute atomic E-state index is 14.5. The molecule has 2 aromatic rings. The van der Waals surface area contributed by atoms with E-state index in [1.807, 2.05) is 0 Å². The van der Waals surface area contributed by atoms with Crippen molar-refractivity contribution in [2.45, 2.75) is 87.7 Å². The zero-order valence-corrected chi connectivity index (χ0v) is 21.6. The zero-order chi connectivity index (χ0) is 27.0. The van der Waals surface area contributed by atoms with Crippen molar-refractivity contribution in [3.63, 3.8) is 0 Å². The number of nitrogens with zero attached hydrogens (tertiary/aromatic N) is 2. The fourth-order valence-electron chi connectivity index (χ4n) is 5.39. The van der Waals surface area contributed by atoms with Crippen LogP contribution in [0, 0.1) is 17.6 Å². The largest absolute Gasteiger partial charge is 0.351 e. The van der Waals surface area contributed by atoms with Gasteiger partial charge in [0.2, 0.25) is 21.9 Å². The molecular weight excluding hydrogens is 510 g/mol. The molecule has 2 aliphatic rings. The number of sulfonamides is 1. The highest BCUT2D eigenvalue weighted by atomic mass is 32.2. The third-order valence-electron chi connectivity index (χ3n) is 7.56. The molecule has 0 radical (unpaired) electrons. The van der Waals surface area contributed by atoms with Crippen LogP contribution in [-0.4, -0.2) is 41.6 Å². The number of hydrogen-bond acceptors (Lipinski definition) is 4. The Morgan fingerprint density at radius 2 is 1.73 bits per heavy atom. The first-order chi connectivity index (χ1) is 17.4. The van der Waals surface area contributed by atoms with Crippen molar-refractivity contribution in [3.8, 4) is 0 Å². The Kier molecular flexibility index (Phi) is 7.94. The average Bonchev–Trinajstić information content (AvgIpc) is 3.25. The smallest absolute Gasteiger partial charge is 0.248 e. The van der Waals surface area contributed by atoms with Crippen LogP contribution in [0.15, 0.2) is 41.4 Å². The summed E-state index contributed by atoms with van der Waals surface area (Å²) in [4.78, 5) is 17.1. The van der Waals surface area contributed by atoms with Crippen molar-refractivity contribution in [2.24, 2.45) is 5.92 Å². The van der Waals surface area contributed by atoms with Gasteiger partial charge in [-0.25, -0.2) is 26.0 Å². The van der Waals surface area contributed by atoms with Crippen molar-refractivity contribution in [1.82, 2.24) is 14.6 Å². The molecule has 1 aliphatic carbocycles. The Hall–Kier alpha value is -2.53. The van der Waals surface area contributed by atoms with Crippen LogP contribution in [0.1, 0.15) is 69.5 Å². The number of alkyl halides is 2. The Balaban J connectivity index is 1.44. The fraction of sp³-hybridized carbons (Fsp3) is 0.538. The summed E-state index contributed by atoms with van der Waals surface area (Å²) in [6.45, 7) is 2.47. The van der Waals surface area contributed by atoms with Gasteiger partial charge in [0.25, 0.3) is 0 Å². The van der Waals surface area contributed by atoms with Crippen LogP contribution in [0.2, 0.25) is 0 Å². The van der Waals surface area contributed by atoms with E-state index in [1.54, 1.807) is 13.0 Å². The molecule has 0 unspecified atom stereocenters. The maximum atomic E-state index is 14.5. The number of carbonyl (C=O) groups is 1. The lowest BCUT2D eigenvalue weighted by Gasteiger charge is -2.31. The lowest BCUT2D eigenvalue weighted by atomic mass is 9.78. The number of halogens is 4. The molecule has 0 bridgehead atoms. The van der Waals surface area contributed by atoms with E-state index in [1.165, 1.54) is 0 Å². The van der Waals surface area contributed by atoms with Crippen LogP contribution in [0.5, 0.6) is 0 Å². The van der Waals surface area contributed by atoms with E-state index < -0.39 is 51.5 Å². The van der Waals surface area contributed by atoms with Gasteiger partial charge in [-0.15, -0.1) is 0 Å². The Labute approximate surface area is 214 Å². The first-order valence-electron chi connectivity index (χ1n) is 12.5. The van der Waals surface area contributed by atoms with Crippen LogP contribution in [0.25, 0.3) is 0 Å². The molecule has 0 spiro atoms. The highest BCUT2D eigenvalue weighted by Gasteiger charge is 2.43. The number of hydrogen-bond donors (Lipinski definition) is 1. The molecule has 1 aliphatic heterocycles. The Bertz CT molecular complexity index is 1230. The van der Waals surface area contributed by atoms with Gasteiger partial charge in [0, 0.05) is 35.7 Å². The maximum Gasteiger partial charge on any atom is 0.248 e. The lowest BCUT2D eigenvalue weighted by Crippen LogP contribution is -2.48. The summed E-state index contributed by atoms with van der Waals surface area (Å²) < 4.78 is 82.6. The molecule has 6 nitrogen and oxygen atoms in total. The normalized spacial score (nSPS) is 25.2. The van der Waals surface area contributed by atoms with E-state index >= 15 is 0 Å². The van der Waals surface area contributed by atoms with Crippen molar-refractivity contribution in [1.29, 1.82) is 0 Å².